The van der Waals surface area contributed by atoms with Gasteiger partial charge in [-0.3, -0.25) is 0 Å². The smallest absolute Gasteiger partial charge is 0.191 e. The maximum absolute atomic E-state index is 5.38. The fourth-order valence-corrected chi connectivity index (χ4v) is 2.63. The molecule has 0 unspecified atom stereocenters. The standard InChI is InChI=1S/C21H29N3O2.HI/c1-4-22-21(24-16-18-9-5-6-10-20(18)26-3)23-15-7-8-17-11-13-19(25-2)14-12-17;/h5-6,9-14H,4,7-8,15-16H2,1-3H3,(H2,22,23,24);1H. The summed E-state index contributed by atoms with van der Waals surface area (Å²) in [5, 5.41) is 6.68. The number of guanidine groups is 1. The zero-order valence-corrected chi connectivity index (χ0v) is 18.7. The maximum atomic E-state index is 5.38. The lowest BCUT2D eigenvalue weighted by atomic mass is 10.1. The summed E-state index contributed by atoms with van der Waals surface area (Å²) in [7, 11) is 3.37. The van der Waals surface area contributed by atoms with Gasteiger partial charge < -0.3 is 20.1 Å². The zero-order valence-electron chi connectivity index (χ0n) is 16.3. The number of halogens is 1. The average Bonchev–Trinajstić information content (AvgIpc) is 2.69. The van der Waals surface area contributed by atoms with Gasteiger partial charge in [-0.1, -0.05) is 30.3 Å². The number of methoxy groups -OCH3 is 2. The molecule has 0 aliphatic carbocycles. The number of para-hydroxylation sites is 1. The first-order chi connectivity index (χ1) is 12.8. The van der Waals surface area contributed by atoms with Gasteiger partial charge in [-0.25, -0.2) is 4.99 Å². The third-order valence-electron chi connectivity index (χ3n) is 4.04. The largest absolute Gasteiger partial charge is 0.497 e. The molecule has 2 N–H and O–H groups in total. The summed E-state index contributed by atoms with van der Waals surface area (Å²) in [4.78, 5) is 4.66. The second kappa shape index (κ2) is 13.2. The van der Waals surface area contributed by atoms with E-state index in [1.807, 2.05) is 36.4 Å². The number of nitrogens with one attached hydrogen (secondary N) is 2. The Labute approximate surface area is 179 Å². The molecule has 0 heterocycles. The third kappa shape index (κ3) is 8.07. The highest BCUT2D eigenvalue weighted by atomic mass is 127. The Morgan fingerprint density at radius 2 is 1.70 bits per heavy atom. The lowest BCUT2D eigenvalue weighted by Crippen LogP contribution is -2.37. The molecule has 0 bridgehead atoms. The fraction of sp³-hybridized carbons (Fsp3) is 0.381. The Morgan fingerprint density at radius 1 is 0.963 bits per heavy atom. The van der Waals surface area contributed by atoms with E-state index in [2.05, 4.69) is 34.7 Å². The molecule has 0 aliphatic rings. The molecule has 5 nitrogen and oxygen atoms in total. The van der Waals surface area contributed by atoms with Crippen molar-refractivity contribution in [3.8, 4) is 11.5 Å². The quantitative estimate of drug-likeness (QED) is 0.245. The van der Waals surface area contributed by atoms with Crippen molar-refractivity contribution < 1.29 is 9.47 Å². The van der Waals surface area contributed by atoms with Gasteiger partial charge in [0.25, 0.3) is 0 Å². The van der Waals surface area contributed by atoms with E-state index in [4.69, 9.17) is 9.47 Å². The minimum Gasteiger partial charge on any atom is -0.497 e. The number of hydrogen-bond donors (Lipinski definition) is 2. The van der Waals surface area contributed by atoms with E-state index in [9.17, 15) is 0 Å². The summed E-state index contributed by atoms with van der Waals surface area (Å²) in [6.45, 7) is 4.34. The second-order valence-corrected chi connectivity index (χ2v) is 5.89. The van der Waals surface area contributed by atoms with Crippen molar-refractivity contribution in [2.45, 2.75) is 26.3 Å². The number of hydrogen-bond acceptors (Lipinski definition) is 3. The monoisotopic (exact) mass is 483 g/mol. The van der Waals surface area contributed by atoms with Crippen LogP contribution in [0.5, 0.6) is 11.5 Å². The molecule has 0 radical (unpaired) electrons. The minimum absolute atomic E-state index is 0. The highest BCUT2D eigenvalue weighted by Crippen LogP contribution is 2.17. The number of aryl methyl sites for hydroxylation is 1. The van der Waals surface area contributed by atoms with Crippen molar-refractivity contribution in [3.63, 3.8) is 0 Å². The van der Waals surface area contributed by atoms with Gasteiger partial charge in [0.05, 0.1) is 20.8 Å². The van der Waals surface area contributed by atoms with Crippen LogP contribution in [0.15, 0.2) is 53.5 Å². The van der Waals surface area contributed by atoms with Gasteiger partial charge >= 0.3 is 0 Å². The number of benzene rings is 2. The predicted octanol–water partition coefficient (Wildman–Crippen LogP) is 4.01. The Hall–Kier alpha value is -1.96. The first-order valence-electron chi connectivity index (χ1n) is 9.03. The molecule has 27 heavy (non-hydrogen) atoms. The van der Waals surface area contributed by atoms with Gasteiger partial charge in [-0.05, 0) is 43.5 Å². The van der Waals surface area contributed by atoms with Crippen LogP contribution >= 0.6 is 24.0 Å². The van der Waals surface area contributed by atoms with Crippen LogP contribution in [0.2, 0.25) is 0 Å². The highest BCUT2D eigenvalue weighted by Gasteiger charge is 2.02. The molecular formula is C21H30IN3O2. The molecule has 0 saturated heterocycles. The summed E-state index contributed by atoms with van der Waals surface area (Å²) in [5.74, 6) is 2.59. The van der Waals surface area contributed by atoms with Crippen LogP contribution < -0.4 is 20.1 Å². The lowest BCUT2D eigenvalue weighted by molar-refractivity contribution is 0.410. The number of aliphatic imine (C=N–C) groups is 1. The van der Waals surface area contributed by atoms with Crippen LogP contribution in [0.3, 0.4) is 0 Å². The van der Waals surface area contributed by atoms with Gasteiger partial charge in [-0.2, -0.15) is 0 Å². The van der Waals surface area contributed by atoms with Crippen LogP contribution in [-0.4, -0.2) is 33.3 Å². The normalized spacial score (nSPS) is 10.7. The number of rotatable bonds is 9. The van der Waals surface area contributed by atoms with Crippen molar-refractivity contribution in [2.75, 3.05) is 27.3 Å². The molecule has 6 heteroatoms. The molecule has 0 spiro atoms. The second-order valence-electron chi connectivity index (χ2n) is 5.89. The highest BCUT2D eigenvalue weighted by molar-refractivity contribution is 14.0. The van der Waals surface area contributed by atoms with Crippen molar-refractivity contribution in [1.29, 1.82) is 0 Å². The van der Waals surface area contributed by atoms with E-state index in [0.717, 1.165) is 49.0 Å². The Morgan fingerprint density at radius 3 is 2.37 bits per heavy atom. The van der Waals surface area contributed by atoms with Crippen LogP contribution in [-0.2, 0) is 13.0 Å². The summed E-state index contributed by atoms with van der Waals surface area (Å²) in [6.07, 6.45) is 2.05. The zero-order chi connectivity index (χ0) is 18.6. The van der Waals surface area contributed by atoms with Crippen LogP contribution in [0.25, 0.3) is 0 Å². The van der Waals surface area contributed by atoms with Crippen molar-refractivity contribution in [2.24, 2.45) is 4.99 Å². The molecule has 2 rings (SSSR count). The molecule has 0 saturated carbocycles. The molecule has 2 aromatic carbocycles. The summed E-state index contributed by atoms with van der Waals surface area (Å²) in [6, 6.07) is 16.2. The van der Waals surface area contributed by atoms with E-state index >= 15 is 0 Å². The molecule has 0 aromatic heterocycles. The number of nitrogens with zero attached hydrogens (tertiary/aromatic N) is 1. The van der Waals surface area contributed by atoms with Crippen LogP contribution in [0.4, 0.5) is 0 Å². The fourth-order valence-electron chi connectivity index (χ4n) is 2.63. The lowest BCUT2D eigenvalue weighted by Gasteiger charge is -2.12. The molecule has 0 amide bonds. The molecule has 2 aromatic rings. The van der Waals surface area contributed by atoms with Crippen molar-refractivity contribution in [3.05, 3.63) is 59.7 Å². The van der Waals surface area contributed by atoms with Gasteiger partial charge in [-0.15, -0.1) is 24.0 Å². The minimum atomic E-state index is 0. The van der Waals surface area contributed by atoms with E-state index in [1.165, 1.54) is 5.56 Å². The van der Waals surface area contributed by atoms with E-state index < -0.39 is 0 Å². The Balaban J connectivity index is 0.00000364. The van der Waals surface area contributed by atoms with Gasteiger partial charge in [0, 0.05) is 18.7 Å². The molecule has 148 valence electrons. The average molecular weight is 483 g/mol. The Bertz CT molecular complexity index is 690. The van der Waals surface area contributed by atoms with Crippen molar-refractivity contribution >= 4 is 29.9 Å². The maximum Gasteiger partial charge on any atom is 0.191 e. The first kappa shape index (κ1) is 23.1. The van der Waals surface area contributed by atoms with Gasteiger partial charge in [0.2, 0.25) is 0 Å². The van der Waals surface area contributed by atoms with Gasteiger partial charge in [0.1, 0.15) is 11.5 Å². The van der Waals surface area contributed by atoms with Crippen LogP contribution in [0.1, 0.15) is 24.5 Å². The first-order valence-corrected chi connectivity index (χ1v) is 9.03. The van der Waals surface area contributed by atoms with E-state index in [-0.39, 0.29) is 24.0 Å². The van der Waals surface area contributed by atoms with Gasteiger partial charge in [0.15, 0.2) is 5.96 Å². The van der Waals surface area contributed by atoms with E-state index in [1.54, 1.807) is 14.2 Å². The summed E-state index contributed by atoms with van der Waals surface area (Å²) in [5.41, 5.74) is 2.38. The van der Waals surface area contributed by atoms with E-state index in [0.29, 0.717) is 6.54 Å². The summed E-state index contributed by atoms with van der Waals surface area (Å²) >= 11 is 0. The van der Waals surface area contributed by atoms with Crippen molar-refractivity contribution in [1.82, 2.24) is 10.6 Å². The van der Waals surface area contributed by atoms with Crippen LogP contribution in [0, 0.1) is 0 Å². The molecular weight excluding hydrogens is 453 g/mol. The SMILES string of the molecule is CCNC(=NCc1ccccc1OC)NCCCc1ccc(OC)cc1.I. The summed E-state index contributed by atoms with van der Waals surface area (Å²) < 4.78 is 10.6. The topological polar surface area (TPSA) is 54.9 Å². The third-order valence-corrected chi connectivity index (χ3v) is 4.04. The Kier molecular flexibility index (Phi) is 11.3. The molecule has 0 atom stereocenters. The predicted molar refractivity (Wildman–Crippen MR) is 123 cm³/mol. The molecule has 0 fully saturated rings. The number of ether oxygens (including phenoxy) is 2. The molecule has 0 aliphatic heterocycles.